The molecule has 0 bridgehead atoms. The average Bonchev–Trinajstić information content (AvgIpc) is 2.08. The summed E-state index contributed by atoms with van der Waals surface area (Å²) in [7, 11) is 2.89. The van der Waals surface area contributed by atoms with Gasteiger partial charge in [0.1, 0.15) is 0 Å². The maximum Gasteiger partial charge on any atom is 0.462 e. The first-order chi connectivity index (χ1) is 4.11. The van der Waals surface area contributed by atoms with Gasteiger partial charge >= 0.3 is 21.1 Å². The number of aromatic nitrogens is 2. The van der Waals surface area contributed by atoms with Crippen LogP contribution in [0.3, 0.4) is 0 Å². The van der Waals surface area contributed by atoms with Gasteiger partial charge in [-0.15, -0.1) is 4.37 Å². The zero-order valence-electron chi connectivity index (χ0n) is 6.09. The van der Waals surface area contributed by atoms with Gasteiger partial charge in [0.05, 0.1) is 4.37 Å². The summed E-state index contributed by atoms with van der Waals surface area (Å²) in [6.07, 6.45) is 0. The predicted molar refractivity (Wildman–Crippen MR) is 40.9 cm³/mol. The van der Waals surface area contributed by atoms with Crippen molar-refractivity contribution in [2.75, 3.05) is 0 Å². The Labute approximate surface area is 74.4 Å². The van der Waals surface area contributed by atoms with E-state index in [1.165, 1.54) is 21.1 Å². The minimum absolute atomic E-state index is 0. The molecule has 5 heteroatoms. The molecular formula is C5H9ClN2S2. The van der Waals surface area contributed by atoms with E-state index < -0.39 is 0 Å². The van der Waals surface area contributed by atoms with E-state index in [1.807, 2.05) is 0 Å². The van der Waals surface area contributed by atoms with Crippen molar-refractivity contribution in [2.24, 2.45) is 0 Å². The van der Waals surface area contributed by atoms with Gasteiger partial charge in [0.15, 0.2) is 0 Å². The van der Waals surface area contributed by atoms with Gasteiger partial charge in [0.25, 0.3) is 0 Å². The number of hydrogen-bond acceptors (Lipinski definition) is 3. The normalized spacial score (nSPS) is 10.7. The second kappa shape index (κ2) is 3.55. The highest BCUT2D eigenvalue weighted by atomic mass is 35.5. The van der Waals surface area contributed by atoms with Crippen molar-refractivity contribution >= 4 is 21.1 Å². The summed E-state index contributed by atoms with van der Waals surface area (Å²) in [4.78, 5) is 0. The van der Waals surface area contributed by atoms with Crippen molar-refractivity contribution in [3.63, 3.8) is 0 Å². The molecule has 0 saturated heterocycles. The fraction of sp³-hybridized carbons (Fsp3) is 0.800. The van der Waals surface area contributed by atoms with Crippen LogP contribution in [-0.4, -0.2) is 8.75 Å². The molecule has 1 heterocycles. The van der Waals surface area contributed by atoms with E-state index in [4.69, 9.17) is 0 Å². The zero-order chi connectivity index (χ0) is 6.91. The van der Waals surface area contributed by atoms with Gasteiger partial charge in [-0.3, -0.25) is 0 Å². The Morgan fingerprint density at radius 2 is 2.00 bits per heavy atom. The minimum Gasteiger partial charge on any atom is -1.00 e. The third-order valence-electron chi connectivity index (χ3n) is 0.952. The molecule has 2 nitrogen and oxygen atoms in total. The van der Waals surface area contributed by atoms with Crippen LogP contribution in [0.25, 0.3) is 0 Å². The molecule has 0 aliphatic rings. The van der Waals surface area contributed by atoms with E-state index in [-0.39, 0.29) is 17.8 Å². The van der Waals surface area contributed by atoms with Crippen LogP contribution in [0.4, 0.5) is 0 Å². The van der Waals surface area contributed by atoms with E-state index >= 15 is 0 Å². The summed E-state index contributed by atoms with van der Waals surface area (Å²) in [6.45, 7) is 6.34. The Hall–Kier alpha value is 0.200. The Morgan fingerprint density at radius 3 is 2.20 bits per heavy atom. The molecule has 1 aromatic heterocycles. The van der Waals surface area contributed by atoms with E-state index in [0.29, 0.717) is 0 Å². The molecule has 58 valence electrons. The van der Waals surface area contributed by atoms with Crippen LogP contribution in [0, 0.1) is 0 Å². The van der Waals surface area contributed by atoms with Gasteiger partial charge in [-0.05, 0) is 0 Å². The fourth-order valence-corrected chi connectivity index (χ4v) is 1.91. The highest BCUT2D eigenvalue weighted by Crippen LogP contribution is 2.19. The molecule has 0 N–H and O–H groups in total. The Bertz CT molecular complexity index is 180. The van der Waals surface area contributed by atoms with E-state index in [0.717, 1.165) is 5.82 Å². The average molecular weight is 197 g/mol. The maximum atomic E-state index is 4.14. The van der Waals surface area contributed by atoms with Gasteiger partial charge in [-0.25, -0.2) is 0 Å². The molecule has 0 atom stereocenters. The molecule has 10 heavy (non-hydrogen) atoms. The molecule has 0 unspecified atom stereocenters. The smallest absolute Gasteiger partial charge is 0.462 e. The Morgan fingerprint density at radius 1 is 1.40 bits per heavy atom. The number of nitrogens with zero attached hydrogens (tertiary/aromatic N) is 2. The predicted octanol–water partition coefficient (Wildman–Crippen LogP) is -0.818. The fourth-order valence-electron chi connectivity index (χ4n) is 0.394. The van der Waals surface area contributed by atoms with Crippen LogP contribution in [-0.2, 0) is 5.41 Å². The van der Waals surface area contributed by atoms with Crippen LogP contribution in [0.15, 0.2) is 0 Å². The lowest BCUT2D eigenvalue weighted by atomic mass is 9.96. The van der Waals surface area contributed by atoms with Crippen LogP contribution < -0.4 is 12.4 Å². The summed E-state index contributed by atoms with van der Waals surface area (Å²) in [5.74, 6) is 0.956. The molecule has 0 radical (unpaired) electrons. The molecule has 0 aliphatic carbocycles. The zero-order valence-corrected chi connectivity index (χ0v) is 8.48. The largest absolute Gasteiger partial charge is 1.00 e. The van der Waals surface area contributed by atoms with E-state index in [1.54, 1.807) is 0 Å². The molecule has 0 aliphatic heterocycles. The maximum absolute atomic E-state index is 4.14. The van der Waals surface area contributed by atoms with Crippen molar-refractivity contribution in [1.29, 1.82) is 0 Å². The Kier molecular flexibility index (Phi) is 3.62. The van der Waals surface area contributed by atoms with Gasteiger partial charge in [-0.1, -0.05) is 20.8 Å². The third-order valence-corrected chi connectivity index (χ3v) is 2.16. The lowest BCUT2D eigenvalue weighted by Gasteiger charge is -2.08. The second-order valence-corrected chi connectivity index (χ2v) is 4.46. The summed E-state index contributed by atoms with van der Waals surface area (Å²) in [5.41, 5.74) is 0.122. The topological polar surface area (TPSA) is 25.8 Å². The van der Waals surface area contributed by atoms with Crippen LogP contribution >= 0.6 is 21.1 Å². The number of rotatable bonds is 0. The highest BCUT2D eigenvalue weighted by molar-refractivity contribution is 7.64. The third kappa shape index (κ3) is 2.44. The molecule has 0 amide bonds. The van der Waals surface area contributed by atoms with Crippen molar-refractivity contribution < 1.29 is 12.4 Å². The molecular weight excluding hydrogens is 188 g/mol. The quantitative estimate of drug-likeness (QED) is 0.401. The van der Waals surface area contributed by atoms with E-state index in [9.17, 15) is 0 Å². The minimum atomic E-state index is 0. The molecule has 1 rings (SSSR count). The van der Waals surface area contributed by atoms with Gasteiger partial charge in [-0.2, -0.15) is 0 Å². The molecule has 0 aromatic carbocycles. The van der Waals surface area contributed by atoms with E-state index in [2.05, 4.69) is 29.5 Å². The summed E-state index contributed by atoms with van der Waals surface area (Å²) in [6, 6.07) is 0. The first-order valence-corrected chi connectivity index (χ1v) is 4.79. The van der Waals surface area contributed by atoms with Crippen molar-refractivity contribution in [3.8, 4) is 0 Å². The van der Waals surface area contributed by atoms with Crippen molar-refractivity contribution in [1.82, 2.24) is 8.75 Å². The lowest BCUT2D eigenvalue weighted by Crippen LogP contribution is -3.00. The first-order valence-electron chi connectivity index (χ1n) is 2.73. The van der Waals surface area contributed by atoms with Gasteiger partial charge < -0.3 is 12.4 Å². The summed E-state index contributed by atoms with van der Waals surface area (Å²) in [5, 5.41) is 0. The number of hydrogen-bond donors (Lipinski definition) is 0. The summed E-state index contributed by atoms with van der Waals surface area (Å²) >= 11 is 0. The second-order valence-electron chi connectivity index (χ2n) is 2.91. The lowest BCUT2D eigenvalue weighted by molar-refractivity contribution is -0.00000234. The SMILES string of the molecule is CC(C)(C)c1ns[s+]n1.[Cl-]. The monoisotopic (exact) mass is 196 g/mol. The van der Waals surface area contributed by atoms with Gasteiger partial charge in [0.2, 0.25) is 5.82 Å². The standard InChI is InChI=1S/C5H9N2S2.ClH/c1-5(2,3)4-6-8-9-7-4;/h1-3H3;1H/q+1;/p-1. The first kappa shape index (κ1) is 10.2. The molecule has 1 aromatic rings. The Balaban J connectivity index is 0.000000810. The highest BCUT2D eigenvalue weighted by Gasteiger charge is 2.22. The molecule has 0 fully saturated rings. The summed E-state index contributed by atoms with van der Waals surface area (Å²) < 4.78 is 8.27. The molecule has 0 spiro atoms. The number of halogens is 1. The molecule has 0 saturated carbocycles. The van der Waals surface area contributed by atoms with Crippen LogP contribution in [0.2, 0.25) is 0 Å². The van der Waals surface area contributed by atoms with Gasteiger partial charge in [0, 0.05) is 5.41 Å². The van der Waals surface area contributed by atoms with Crippen molar-refractivity contribution in [3.05, 3.63) is 5.82 Å². The van der Waals surface area contributed by atoms with Crippen molar-refractivity contribution in [2.45, 2.75) is 26.2 Å². The van der Waals surface area contributed by atoms with Crippen LogP contribution in [0.1, 0.15) is 26.6 Å². The van der Waals surface area contributed by atoms with Crippen LogP contribution in [0.5, 0.6) is 0 Å².